The standard InChI is InChI=1S/C18H24N2O4.C6H12/c1-14-18(12-22-11-17(21)19-18)9-6-10-20(14)15(2)23-13-24-16-7-4-3-5-8-16;1-2-4-6-5-3-1/h3-5,7-8,14H,2,6,9-13H2,1H3,(H,19,21);1-6H2. The van der Waals surface area contributed by atoms with Crippen molar-refractivity contribution in [3.8, 4) is 5.75 Å². The van der Waals surface area contributed by atoms with Crippen LogP contribution in [0.25, 0.3) is 0 Å². The van der Waals surface area contributed by atoms with Crippen molar-refractivity contribution in [1.29, 1.82) is 0 Å². The molecule has 0 bridgehead atoms. The van der Waals surface area contributed by atoms with Gasteiger partial charge in [-0.1, -0.05) is 56.7 Å². The molecular formula is C24H36N2O4. The zero-order valence-electron chi connectivity index (χ0n) is 18.2. The highest BCUT2D eigenvalue weighted by molar-refractivity contribution is 5.79. The van der Waals surface area contributed by atoms with Crippen molar-refractivity contribution in [2.75, 3.05) is 26.6 Å². The van der Waals surface area contributed by atoms with Gasteiger partial charge in [0.15, 0.2) is 5.88 Å². The molecule has 1 aromatic rings. The van der Waals surface area contributed by atoms with E-state index in [1.165, 1.54) is 38.5 Å². The summed E-state index contributed by atoms with van der Waals surface area (Å²) in [7, 11) is 0. The fourth-order valence-electron chi connectivity index (χ4n) is 4.47. The van der Waals surface area contributed by atoms with Crippen LogP contribution < -0.4 is 10.1 Å². The highest BCUT2D eigenvalue weighted by Gasteiger charge is 2.46. The number of nitrogens with zero attached hydrogens (tertiary/aromatic N) is 1. The Hall–Kier alpha value is -2.21. The number of morpholine rings is 1. The molecule has 1 aromatic carbocycles. The summed E-state index contributed by atoms with van der Waals surface area (Å²) in [5.41, 5.74) is -0.375. The Kier molecular flexibility index (Phi) is 8.43. The Morgan fingerprint density at radius 1 is 1.17 bits per heavy atom. The van der Waals surface area contributed by atoms with E-state index in [0.717, 1.165) is 25.1 Å². The van der Waals surface area contributed by atoms with E-state index in [1.54, 1.807) is 0 Å². The van der Waals surface area contributed by atoms with E-state index in [4.69, 9.17) is 14.2 Å². The van der Waals surface area contributed by atoms with Gasteiger partial charge < -0.3 is 24.4 Å². The summed E-state index contributed by atoms with van der Waals surface area (Å²) in [6.45, 7) is 7.69. The number of para-hydroxylation sites is 1. The molecule has 1 saturated carbocycles. The predicted molar refractivity (Wildman–Crippen MR) is 117 cm³/mol. The zero-order valence-corrected chi connectivity index (χ0v) is 18.2. The quantitative estimate of drug-likeness (QED) is 0.575. The minimum absolute atomic E-state index is 0.0414. The Morgan fingerprint density at radius 2 is 1.83 bits per heavy atom. The average Bonchev–Trinajstić information content (AvgIpc) is 2.78. The summed E-state index contributed by atoms with van der Waals surface area (Å²) < 4.78 is 16.7. The van der Waals surface area contributed by atoms with Crippen LogP contribution in [-0.4, -0.2) is 48.9 Å². The number of carbonyl (C=O) groups is 1. The third-order valence-corrected chi connectivity index (χ3v) is 6.28. The number of ether oxygens (including phenoxy) is 3. The van der Waals surface area contributed by atoms with E-state index in [1.807, 2.05) is 30.3 Å². The highest BCUT2D eigenvalue weighted by atomic mass is 16.7. The first-order chi connectivity index (χ1) is 14.6. The van der Waals surface area contributed by atoms with Crippen molar-refractivity contribution < 1.29 is 19.0 Å². The first kappa shape index (κ1) is 22.5. The van der Waals surface area contributed by atoms with E-state index in [0.29, 0.717) is 12.5 Å². The normalized spacial score (nSPS) is 26.2. The lowest BCUT2D eigenvalue weighted by molar-refractivity contribution is -0.141. The minimum Gasteiger partial charge on any atom is -0.457 e. The number of likely N-dealkylation sites (tertiary alicyclic amines) is 1. The molecule has 3 aliphatic rings. The second kappa shape index (κ2) is 11.3. The van der Waals surface area contributed by atoms with Gasteiger partial charge in [0.1, 0.15) is 12.4 Å². The molecule has 1 aliphatic carbocycles. The van der Waals surface area contributed by atoms with Gasteiger partial charge in [0, 0.05) is 6.54 Å². The van der Waals surface area contributed by atoms with Crippen LogP contribution in [0.5, 0.6) is 5.75 Å². The van der Waals surface area contributed by atoms with Gasteiger partial charge in [0.25, 0.3) is 0 Å². The molecule has 6 heteroatoms. The molecule has 3 fully saturated rings. The lowest BCUT2D eigenvalue weighted by Crippen LogP contribution is -2.68. The van der Waals surface area contributed by atoms with Crippen LogP contribution in [0.4, 0.5) is 0 Å². The topological polar surface area (TPSA) is 60.0 Å². The number of benzene rings is 1. The monoisotopic (exact) mass is 416 g/mol. The van der Waals surface area contributed by atoms with Crippen LogP contribution in [0.15, 0.2) is 42.8 Å². The van der Waals surface area contributed by atoms with E-state index in [9.17, 15) is 4.79 Å². The molecule has 0 radical (unpaired) electrons. The van der Waals surface area contributed by atoms with Crippen molar-refractivity contribution in [2.24, 2.45) is 0 Å². The van der Waals surface area contributed by atoms with Crippen LogP contribution in [-0.2, 0) is 14.3 Å². The molecule has 0 aromatic heterocycles. The van der Waals surface area contributed by atoms with Crippen LogP contribution in [0.2, 0.25) is 0 Å². The van der Waals surface area contributed by atoms with Gasteiger partial charge in [-0.3, -0.25) is 4.79 Å². The first-order valence-corrected chi connectivity index (χ1v) is 11.3. The molecule has 1 N–H and O–H groups in total. The second-order valence-corrected chi connectivity index (χ2v) is 8.40. The molecule has 2 unspecified atom stereocenters. The third-order valence-electron chi connectivity index (χ3n) is 6.28. The maximum Gasteiger partial charge on any atom is 0.246 e. The molecule has 2 heterocycles. The van der Waals surface area contributed by atoms with E-state index < -0.39 is 0 Å². The maximum atomic E-state index is 11.8. The maximum absolute atomic E-state index is 11.8. The average molecular weight is 417 g/mol. The van der Waals surface area contributed by atoms with Gasteiger partial charge in [-0.15, -0.1) is 0 Å². The molecule has 2 saturated heterocycles. The SMILES string of the molecule is C1CCCCC1.C=C(OCOc1ccccc1)N1CCCC2(COCC(=O)N2)C1C. The molecule has 2 atom stereocenters. The smallest absolute Gasteiger partial charge is 0.246 e. The number of amides is 1. The molecule has 6 nitrogen and oxygen atoms in total. The van der Waals surface area contributed by atoms with Gasteiger partial charge >= 0.3 is 0 Å². The van der Waals surface area contributed by atoms with Crippen molar-refractivity contribution in [2.45, 2.75) is 69.9 Å². The van der Waals surface area contributed by atoms with Gasteiger partial charge in [0.05, 0.1) is 18.2 Å². The highest BCUT2D eigenvalue weighted by Crippen LogP contribution is 2.32. The Balaban J connectivity index is 0.000000367. The predicted octanol–water partition coefficient (Wildman–Crippen LogP) is 4.22. The van der Waals surface area contributed by atoms with Gasteiger partial charge in [-0.2, -0.15) is 0 Å². The Labute approximate surface area is 180 Å². The number of carbonyl (C=O) groups excluding carboxylic acids is 1. The van der Waals surface area contributed by atoms with Crippen molar-refractivity contribution >= 4 is 5.91 Å². The van der Waals surface area contributed by atoms with Gasteiger partial charge in [0.2, 0.25) is 12.7 Å². The summed E-state index contributed by atoms with van der Waals surface area (Å²) in [5, 5.41) is 3.11. The lowest BCUT2D eigenvalue weighted by atomic mass is 9.81. The summed E-state index contributed by atoms with van der Waals surface area (Å²) in [5.74, 6) is 1.24. The summed E-state index contributed by atoms with van der Waals surface area (Å²) in [6, 6.07) is 9.54. The van der Waals surface area contributed by atoms with Crippen molar-refractivity contribution in [3.05, 3.63) is 42.8 Å². The van der Waals surface area contributed by atoms with Crippen molar-refractivity contribution in [1.82, 2.24) is 10.2 Å². The Morgan fingerprint density at radius 3 is 2.47 bits per heavy atom. The second-order valence-electron chi connectivity index (χ2n) is 8.40. The molecule has 30 heavy (non-hydrogen) atoms. The number of hydrogen-bond donors (Lipinski definition) is 1. The lowest BCUT2D eigenvalue weighted by Gasteiger charge is -2.51. The molecule has 1 amide bonds. The molecule has 2 aliphatic heterocycles. The first-order valence-electron chi connectivity index (χ1n) is 11.3. The van der Waals surface area contributed by atoms with E-state index in [2.05, 4.69) is 23.7 Å². The number of hydrogen-bond acceptors (Lipinski definition) is 5. The van der Waals surface area contributed by atoms with Gasteiger partial charge in [-0.05, 0) is 38.5 Å². The largest absolute Gasteiger partial charge is 0.457 e. The van der Waals surface area contributed by atoms with Crippen LogP contribution in [0.1, 0.15) is 58.3 Å². The molecule has 166 valence electrons. The molecule has 4 rings (SSSR count). The summed E-state index contributed by atoms with van der Waals surface area (Å²) in [6.07, 6.45) is 10.8. The van der Waals surface area contributed by atoms with Crippen molar-refractivity contribution in [3.63, 3.8) is 0 Å². The minimum atomic E-state index is -0.375. The van der Waals surface area contributed by atoms with Crippen LogP contribution in [0, 0.1) is 0 Å². The summed E-state index contributed by atoms with van der Waals surface area (Å²) in [4.78, 5) is 13.8. The van der Waals surface area contributed by atoms with E-state index >= 15 is 0 Å². The summed E-state index contributed by atoms with van der Waals surface area (Å²) >= 11 is 0. The molecular weight excluding hydrogens is 380 g/mol. The molecule has 1 spiro atoms. The fourth-order valence-corrected chi connectivity index (χ4v) is 4.47. The zero-order chi connectivity index (χ0) is 21.2. The van der Waals surface area contributed by atoms with Crippen LogP contribution >= 0.6 is 0 Å². The number of nitrogens with one attached hydrogen (secondary N) is 1. The fraction of sp³-hybridized carbons (Fsp3) is 0.625. The number of piperidine rings is 1. The number of rotatable bonds is 5. The third kappa shape index (κ3) is 6.14. The van der Waals surface area contributed by atoms with Crippen LogP contribution in [0.3, 0.4) is 0 Å². The Bertz CT molecular complexity index is 662. The van der Waals surface area contributed by atoms with Gasteiger partial charge in [-0.25, -0.2) is 0 Å². The van der Waals surface area contributed by atoms with E-state index in [-0.39, 0.29) is 30.9 Å².